The first-order chi connectivity index (χ1) is 14.0. The fraction of sp³-hybridized carbons (Fsp3) is 0.733. The fourth-order valence-corrected chi connectivity index (χ4v) is 6.88. The molecule has 0 heteroatoms. The molecule has 0 saturated heterocycles. The van der Waals surface area contributed by atoms with Gasteiger partial charge in [-0.3, -0.25) is 0 Å². The predicted molar refractivity (Wildman–Crippen MR) is 133 cm³/mol. The standard InChI is InChI=1S/2C15H24/c2*1-11-6-5-7-12(2)13-10-15(3,4)14(13)9-8-11/h2*6,13-14H,2,5,7-10H2,1,3-4H3/b2*11-6-. The van der Waals surface area contributed by atoms with E-state index in [4.69, 9.17) is 0 Å². The Morgan fingerprint density at radius 3 is 1.37 bits per heavy atom. The zero-order chi connectivity index (χ0) is 22.1. The van der Waals surface area contributed by atoms with Crippen molar-refractivity contribution >= 4 is 0 Å². The number of hydrogen-bond donors (Lipinski definition) is 0. The summed E-state index contributed by atoms with van der Waals surface area (Å²) in [5.41, 5.74) is 7.35. The summed E-state index contributed by atoms with van der Waals surface area (Å²) in [5.74, 6) is 3.46. The molecular weight excluding hydrogens is 360 g/mol. The first kappa shape index (κ1) is 23.6. The van der Waals surface area contributed by atoms with Gasteiger partial charge in [-0.1, -0.05) is 75.3 Å². The second-order valence-electron chi connectivity index (χ2n) is 12.4. The second-order valence-corrected chi connectivity index (χ2v) is 12.4. The Morgan fingerprint density at radius 2 is 1.03 bits per heavy atom. The normalized spacial score (nSPS) is 38.9. The third-order valence-electron chi connectivity index (χ3n) is 9.14. The van der Waals surface area contributed by atoms with Crippen LogP contribution < -0.4 is 0 Å². The van der Waals surface area contributed by atoms with Crippen LogP contribution in [0.25, 0.3) is 0 Å². The zero-order valence-electron chi connectivity index (χ0n) is 20.9. The summed E-state index contributed by atoms with van der Waals surface area (Å²) < 4.78 is 0. The van der Waals surface area contributed by atoms with Crippen molar-refractivity contribution in [2.24, 2.45) is 34.5 Å². The number of allylic oxidation sites excluding steroid dienone is 6. The molecule has 168 valence electrons. The Labute approximate surface area is 188 Å². The first-order valence-corrected chi connectivity index (χ1v) is 12.7. The van der Waals surface area contributed by atoms with Crippen molar-refractivity contribution in [1.29, 1.82) is 0 Å². The number of fused-ring (bicyclic) bond motifs is 2. The highest BCUT2D eigenvalue weighted by Gasteiger charge is 2.48. The molecule has 0 aliphatic heterocycles. The molecule has 0 amide bonds. The van der Waals surface area contributed by atoms with Crippen molar-refractivity contribution < 1.29 is 0 Å². The monoisotopic (exact) mass is 408 g/mol. The van der Waals surface area contributed by atoms with Crippen molar-refractivity contribution in [3.63, 3.8) is 0 Å². The Kier molecular flexibility index (Phi) is 7.26. The van der Waals surface area contributed by atoms with Gasteiger partial charge in [0.15, 0.2) is 0 Å². The van der Waals surface area contributed by atoms with Gasteiger partial charge in [-0.15, -0.1) is 0 Å². The molecule has 2 saturated carbocycles. The lowest BCUT2D eigenvalue weighted by atomic mass is 9.52. The maximum Gasteiger partial charge on any atom is -0.0167 e. The molecule has 0 nitrogen and oxygen atoms in total. The van der Waals surface area contributed by atoms with Crippen LogP contribution in [-0.4, -0.2) is 0 Å². The summed E-state index contributed by atoms with van der Waals surface area (Å²) in [6, 6.07) is 0. The lowest BCUT2D eigenvalue weighted by molar-refractivity contribution is 0.00377. The van der Waals surface area contributed by atoms with E-state index >= 15 is 0 Å². The van der Waals surface area contributed by atoms with Crippen LogP contribution in [-0.2, 0) is 0 Å². The van der Waals surface area contributed by atoms with E-state index in [-0.39, 0.29) is 0 Å². The molecule has 0 heterocycles. The Morgan fingerprint density at radius 1 is 0.667 bits per heavy atom. The SMILES string of the molecule is C=C1CC/C=C(/C)CCC2C1CC2(C)C.C=C1CC/C=C(/C)CCC2C1CC2(C)C. The molecule has 4 aliphatic carbocycles. The minimum absolute atomic E-state index is 0.568. The van der Waals surface area contributed by atoms with Crippen LogP contribution in [0.4, 0.5) is 0 Å². The van der Waals surface area contributed by atoms with Gasteiger partial charge >= 0.3 is 0 Å². The summed E-state index contributed by atoms with van der Waals surface area (Å²) in [7, 11) is 0. The summed E-state index contributed by atoms with van der Waals surface area (Å²) in [6.07, 6.45) is 17.8. The van der Waals surface area contributed by atoms with E-state index in [0.29, 0.717) is 10.8 Å². The molecule has 30 heavy (non-hydrogen) atoms. The van der Waals surface area contributed by atoms with Crippen LogP contribution in [0.1, 0.15) is 106 Å². The molecule has 0 radical (unpaired) electrons. The minimum Gasteiger partial charge on any atom is -0.0996 e. The zero-order valence-corrected chi connectivity index (χ0v) is 20.9. The highest BCUT2D eigenvalue weighted by molar-refractivity contribution is 5.17. The summed E-state index contributed by atoms with van der Waals surface area (Å²) in [4.78, 5) is 0. The molecule has 0 aromatic heterocycles. The second kappa shape index (κ2) is 9.22. The molecule has 0 bridgehead atoms. The average Bonchev–Trinajstić information content (AvgIpc) is 2.73. The third-order valence-corrected chi connectivity index (χ3v) is 9.14. The van der Waals surface area contributed by atoms with Crippen molar-refractivity contribution in [1.82, 2.24) is 0 Å². The lowest BCUT2D eigenvalue weighted by Crippen LogP contribution is -2.44. The fourth-order valence-electron chi connectivity index (χ4n) is 6.88. The van der Waals surface area contributed by atoms with Gasteiger partial charge in [-0.05, 0) is 113 Å². The van der Waals surface area contributed by atoms with Crippen LogP contribution in [0.5, 0.6) is 0 Å². The molecule has 2 fully saturated rings. The highest BCUT2D eigenvalue weighted by Crippen LogP contribution is 2.57. The van der Waals surface area contributed by atoms with Gasteiger partial charge in [0.2, 0.25) is 0 Å². The van der Waals surface area contributed by atoms with E-state index in [9.17, 15) is 0 Å². The van der Waals surface area contributed by atoms with Crippen molar-refractivity contribution in [3.8, 4) is 0 Å². The first-order valence-electron chi connectivity index (χ1n) is 12.7. The van der Waals surface area contributed by atoms with E-state index < -0.39 is 0 Å². The van der Waals surface area contributed by atoms with Crippen molar-refractivity contribution in [2.45, 2.75) is 106 Å². The van der Waals surface area contributed by atoms with Gasteiger partial charge < -0.3 is 0 Å². The van der Waals surface area contributed by atoms with Gasteiger partial charge in [-0.2, -0.15) is 0 Å². The average molecular weight is 409 g/mol. The molecule has 4 atom stereocenters. The third kappa shape index (κ3) is 5.23. The number of rotatable bonds is 0. The molecule has 4 aliphatic rings. The van der Waals surface area contributed by atoms with E-state index in [0.717, 1.165) is 23.7 Å². The molecule has 0 aromatic carbocycles. The molecule has 0 spiro atoms. The quantitative estimate of drug-likeness (QED) is 0.350. The van der Waals surface area contributed by atoms with Crippen LogP contribution in [0.3, 0.4) is 0 Å². The lowest BCUT2D eigenvalue weighted by Gasteiger charge is -2.53. The molecule has 4 unspecified atom stereocenters. The van der Waals surface area contributed by atoms with Gasteiger partial charge in [0, 0.05) is 0 Å². The maximum atomic E-state index is 4.30. The molecule has 0 aromatic rings. The van der Waals surface area contributed by atoms with E-state index in [1.54, 1.807) is 11.1 Å². The van der Waals surface area contributed by atoms with Gasteiger partial charge in [0.05, 0.1) is 0 Å². The highest BCUT2D eigenvalue weighted by atomic mass is 14.5. The predicted octanol–water partition coefficient (Wildman–Crippen LogP) is 9.45. The maximum absolute atomic E-state index is 4.30. The molecular formula is C30H48. The van der Waals surface area contributed by atoms with Crippen molar-refractivity contribution in [2.75, 3.05) is 0 Å². The van der Waals surface area contributed by atoms with E-state index in [1.165, 1.54) is 75.4 Å². The van der Waals surface area contributed by atoms with Crippen molar-refractivity contribution in [3.05, 3.63) is 47.6 Å². The summed E-state index contributed by atoms with van der Waals surface area (Å²) in [5, 5.41) is 0. The van der Waals surface area contributed by atoms with Crippen LogP contribution in [0, 0.1) is 34.5 Å². The van der Waals surface area contributed by atoms with E-state index in [1.807, 2.05) is 0 Å². The van der Waals surface area contributed by atoms with Crippen LogP contribution >= 0.6 is 0 Å². The summed E-state index contributed by atoms with van der Waals surface area (Å²) >= 11 is 0. The van der Waals surface area contributed by atoms with Crippen LogP contribution in [0.2, 0.25) is 0 Å². The largest absolute Gasteiger partial charge is 0.0996 e. The Bertz CT molecular complexity index is 648. The Hall–Kier alpha value is -1.04. The Balaban J connectivity index is 0.000000171. The number of hydrogen-bond acceptors (Lipinski definition) is 0. The van der Waals surface area contributed by atoms with Gasteiger partial charge in [-0.25, -0.2) is 0 Å². The molecule has 0 N–H and O–H groups in total. The van der Waals surface area contributed by atoms with E-state index in [2.05, 4.69) is 66.9 Å². The topological polar surface area (TPSA) is 0 Å². The van der Waals surface area contributed by atoms with Crippen LogP contribution in [0.15, 0.2) is 47.6 Å². The van der Waals surface area contributed by atoms with Gasteiger partial charge in [0.1, 0.15) is 0 Å². The smallest absolute Gasteiger partial charge is 0.0167 e. The summed E-state index contributed by atoms with van der Waals surface area (Å²) in [6.45, 7) is 22.9. The minimum atomic E-state index is 0.568. The molecule has 4 rings (SSSR count). The van der Waals surface area contributed by atoms with Gasteiger partial charge in [0.25, 0.3) is 0 Å².